The maximum Gasteiger partial charge on any atom is 0.377 e. The maximum atomic E-state index is 12.8. The van der Waals surface area contributed by atoms with Gasteiger partial charge in [0.1, 0.15) is 0 Å². The van der Waals surface area contributed by atoms with E-state index in [1.807, 2.05) is 0 Å². The van der Waals surface area contributed by atoms with Crippen LogP contribution in [0, 0.1) is 6.92 Å². The molecule has 0 spiro atoms. The first-order valence-electron chi connectivity index (χ1n) is 3.70. The van der Waals surface area contributed by atoms with Gasteiger partial charge in [0.15, 0.2) is 6.10 Å². The summed E-state index contributed by atoms with van der Waals surface area (Å²) < 4.78 is 25.7. The third kappa shape index (κ3) is 1.76. The van der Waals surface area contributed by atoms with Crippen LogP contribution in [0.15, 0.2) is 11.4 Å². The zero-order valence-corrected chi connectivity index (χ0v) is 8.02. The number of hydrogen-bond donors (Lipinski definition) is 2. The minimum Gasteiger partial charge on any atom is -0.477 e. The molecular weight excluding hydrogens is 214 g/mol. The summed E-state index contributed by atoms with van der Waals surface area (Å²) in [6, 6.07) is 1.54. The second kappa shape index (κ2) is 3.62. The molecule has 0 aromatic carbocycles. The normalized spacial score (nSPS) is 14.0. The Hall–Kier alpha value is -1.01. The molecule has 1 rings (SSSR count). The van der Waals surface area contributed by atoms with Crippen molar-refractivity contribution in [1.29, 1.82) is 0 Å². The summed E-state index contributed by atoms with van der Waals surface area (Å²) in [6.07, 6.45) is -2.28. The number of aliphatic hydroxyl groups excluding tert-OH is 1. The molecule has 1 unspecified atom stereocenters. The van der Waals surface area contributed by atoms with Gasteiger partial charge in [-0.05, 0) is 23.9 Å². The fraction of sp³-hybridized carbons (Fsp3) is 0.375. The van der Waals surface area contributed by atoms with Gasteiger partial charge in [0.2, 0.25) is 0 Å². The van der Waals surface area contributed by atoms with Crippen molar-refractivity contribution in [2.75, 3.05) is 0 Å². The number of hydrogen-bond acceptors (Lipinski definition) is 3. The van der Waals surface area contributed by atoms with Gasteiger partial charge in [-0.15, -0.1) is 11.3 Å². The first-order chi connectivity index (χ1) is 6.37. The summed E-state index contributed by atoms with van der Waals surface area (Å²) in [5.74, 6) is -6.46. The van der Waals surface area contributed by atoms with E-state index in [2.05, 4.69) is 0 Å². The van der Waals surface area contributed by atoms with E-state index in [9.17, 15) is 13.6 Å². The summed E-state index contributed by atoms with van der Waals surface area (Å²) in [5, 5.41) is 18.9. The fourth-order valence-corrected chi connectivity index (χ4v) is 1.90. The Morgan fingerprint density at radius 3 is 2.57 bits per heavy atom. The molecule has 1 aromatic heterocycles. The fourth-order valence-electron chi connectivity index (χ4n) is 0.946. The maximum absolute atomic E-state index is 12.8. The molecular formula is C8H8F2O3S. The van der Waals surface area contributed by atoms with Crippen LogP contribution in [-0.2, 0) is 4.79 Å². The molecule has 3 nitrogen and oxygen atoms in total. The highest BCUT2D eigenvalue weighted by molar-refractivity contribution is 7.10. The molecule has 1 heterocycles. The Kier molecular flexibility index (Phi) is 2.86. The standard InChI is InChI=1S/C8H8F2O3S/c1-4-2-3-14-5(4)6(11)8(9,10)7(12)13/h2-3,6,11H,1H3,(H,12,13). The summed E-state index contributed by atoms with van der Waals surface area (Å²) in [6.45, 7) is 1.53. The number of thiophene rings is 1. The average molecular weight is 222 g/mol. The van der Waals surface area contributed by atoms with Gasteiger partial charge < -0.3 is 10.2 Å². The molecule has 1 aromatic rings. The highest BCUT2D eigenvalue weighted by Gasteiger charge is 2.48. The van der Waals surface area contributed by atoms with E-state index in [1.165, 1.54) is 12.3 Å². The average Bonchev–Trinajstić information content (AvgIpc) is 2.49. The van der Waals surface area contributed by atoms with Crippen molar-refractivity contribution < 1.29 is 23.8 Å². The van der Waals surface area contributed by atoms with Gasteiger partial charge in [0, 0.05) is 4.88 Å². The van der Waals surface area contributed by atoms with Gasteiger partial charge in [-0.25, -0.2) is 4.79 Å². The van der Waals surface area contributed by atoms with E-state index in [0.29, 0.717) is 5.56 Å². The monoisotopic (exact) mass is 222 g/mol. The van der Waals surface area contributed by atoms with E-state index in [-0.39, 0.29) is 4.88 Å². The molecule has 0 aliphatic heterocycles. The Morgan fingerprint density at radius 2 is 2.21 bits per heavy atom. The minimum atomic E-state index is -4.14. The van der Waals surface area contributed by atoms with Crippen LogP contribution in [0.3, 0.4) is 0 Å². The van der Waals surface area contributed by atoms with Crippen molar-refractivity contribution in [2.24, 2.45) is 0 Å². The van der Waals surface area contributed by atoms with Gasteiger partial charge in [-0.2, -0.15) is 8.78 Å². The second-order valence-electron chi connectivity index (χ2n) is 2.80. The molecule has 1 atom stereocenters. The van der Waals surface area contributed by atoms with Crippen LogP contribution in [0.2, 0.25) is 0 Å². The molecule has 0 aliphatic carbocycles. The van der Waals surface area contributed by atoms with Gasteiger partial charge in [0.25, 0.3) is 0 Å². The SMILES string of the molecule is Cc1ccsc1C(O)C(F)(F)C(=O)O. The lowest BCUT2D eigenvalue weighted by Crippen LogP contribution is -2.35. The minimum absolute atomic E-state index is 0.0163. The van der Waals surface area contributed by atoms with Gasteiger partial charge in [-0.3, -0.25) is 0 Å². The lowest BCUT2D eigenvalue weighted by atomic mass is 10.1. The molecule has 0 amide bonds. The Bertz CT molecular complexity index is 348. The number of halogens is 2. The Morgan fingerprint density at radius 1 is 1.64 bits per heavy atom. The zero-order chi connectivity index (χ0) is 10.9. The molecule has 0 radical (unpaired) electrons. The van der Waals surface area contributed by atoms with Crippen molar-refractivity contribution >= 4 is 17.3 Å². The number of aliphatic hydroxyl groups is 1. The smallest absolute Gasteiger partial charge is 0.377 e. The summed E-state index contributed by atoms with van der Waals surface area (Å²) in [5.41, 5.74) is 0.462. The number of rotatable bonds is 3. The van der Waals surface area contributed by atoms with E-state index < -0.39 is 18.0 Å². The van der Waals surface area contributed by atoms with Crippen LogP contribution in [0.5, 0.6) is 0 Å². The third-order valence-electron chi connectivity index (χ3n) is 1.78. The number of carbonyl (C=O) groups is 1. The molecule has 6 heteroatoms. The van der Waals surface area contributed by atoms with Crippen LogP contribution in [0.1, 0.15) is 16.5 Å². The van der Waals surface area contributed by atoms with E-state index >= 15 is 0 Å². The molecule has 78 valence electrons. The molecule has 14 heavy (non-hydrogen) atoms. The Balaban J connectivity index is 3.02. The van der Waals surface area contributed by atoms with Crippen LogP contribution in [-0.4, -0.2) is 22.1 Å². The third-order valence-corrected chi connectivity index (χ3v) is 2.85. The summed E-state index contributed by atoms with van der Waals surface area (Å²) in [7, 11) is 0. The summed E-state index contributed by atoms with van der Waals surface area (Å²) >= 11 is 0.909. The van der Waals surface area contributed by atoms with Crippen molar-refractivity contribution in [3.05, 3.63) is 21.9 Å². The van der Waals surface area contributed by atoms with Crippen LogP contribution in [0.4, 0.5) is 8.78 Å². The predicted molar refractivity (Wildman–Crippen MR) is 46.6 cm³/mol. The zero-order valence-electron chi connectivity index (χ0n) is 7.20. The topological polar surface area (TPSA) is 57.5 Å². The quantitative estimate of drug-likeness (QED) is 0.820. The molecule has 0 fully saturated rings. The molecule has 0 saturated heterocycles. The number of aliphatic carboxylic acids is 1. The number of carboxylic acid groups (broad SMARTS) is 1. The predicted octanol–water partition coefficient (Wildman–Crippen LogP) is 1.81. The molecule has 0 aliphatic rings. The van der Waals surface area contributed by atoms with Crippen LogP contribution < -0.4 is 0 Å². The lowest BCUT2D eigenvalue weighted by molar-refractivity contribution is -0.182. The van der Waals surface area contributed by atoms with Gasteiger partial charge in [0.05, 0.1) is 0 Å². The van der Waals surface area contributed by atoms with E-state index in [0.717, 1.165) is 11.3 Å². The first kappa shape index (κ1) is 11.1. The molecule has 2 N–H and O–H groups in total. The number of alkyl halides is 2. The largest absolute Gasteiger partial charge is 0.477 e. The Labute approximate surface area is 82.6 Å². The van der Waals surface area contributed by atoms with Crippen LogP contribution >= 0.6 is 11.3 Å². The lowest BCUT2D eigenvalue weighted by Gasteiger charge is -2.17. The van der Waals surface area contributed by atoms with Crippen molar-refractivity contribution in [1.82, 2.24) is 0 Å². The summed E-state index contributed by atoms with van der Waals surface area (Å²) in [4.78, 5) is 10.1. The number of aryl methyl sites for hydroxylation is 1. The highest BCUT2D eigenvalue weighted by Crippen LogP contribution is 2.35. The van der Waals surface area contributed by atoms with Crippen molar-refractivity contribution in [3.8, 4) is 0 Å². The van der Waals surface area contributed by atoms with Crippen molar-refractivity contribution in [3.63, 3.8) is 0 Å². The molecule has 0 bridgehead atoms. The second-order valence-corrected chi connectivity index (χ2v) is 3.75. The van der Waals surface area contributed by atoms with E-state index in [4.69, 9.17) is 10.2 Å². The first-order valence-corrected chi connectivity index (χ1v) is 4.58. The highest BCUT2D eigenvalue weighted by atomic mass is 32.1. The van der Waals surface area contributed by atoms with Gasteiger partial charge >= 0.3 is 11.9 Å². The van der Waals surface area contributed by atoms with Crippen molar-refractivity contribution in [2.45, 2.75) is 19.0 Å². The molecule has 0 saturated carbocycles. The number of carboxylic acids is 1. The van der Waals surface area contributed by atoms with Crippen LogP contribution in [0.25, 0.3) is 0 Å². The van der Waals surface area contributed by atoms with E-state index in [1.54, 1.807) is 6.07 Å². The van der Waals surface area contributed by atoms with Gasteiger partial charge in [-0.1, -0.05) is 0 Å².